The zero-order valence-corrected chi connectivity index (χ0v) is 11.7. The van der Waals surface area contributed by atoms with Crippen molar-refractivity contribution in [3.05, 3.63) is 60.0 Å². The second kappa shape index (κ2) is 5.43. The number of para-hydroxylation sites is 1. The first-order valence-electron chi connectivity index (χ1n) is 6.87. The quantitative estimate of drug-likeness (QED) is 0.789. The minimum absolute atomic E-state index is 0.116. The van der Waals surface area contributed by atoms with Crippen LogP contribution in [0.15, 0.2) is 48.8 Å². The smallest absolute Gasteiger partial charge is 0.0752 e. The van der Waals surface area contributed by atoms with Crippen LogP contribution in [0.4, 0.5) is 0 Å². The van der Waals surface area contributed by atoms with Gasteiger partial charge in [-0.3, -0.25) is 9.67 Å². The van der Waals surface area contributed by atoms with Gasteiger partial charge in [0.25, 0.3) is 0 Å². The molecule has 0 radical (unpaired) electrons. The summed E-state index contributed by atoms with van der Waals surface area (Å²) in [7, 11) is 1.98. The van der Waals surface area contributed by atoms with E-state index in [0.29, 0.717) is 0 Å². The van der Waals surface area contributed by atoms with Crippen LogP contribution >= 0.6 is 0 Å². The van der Waals surface area contributed by atoms with E-state index in [9.17, 15) is 0 Å². The number of hydrogen-bond donors (Lipinski definition) is 1. The van der Waals surface area contributed by atoms with Gasteiger partial charge >= 0.3 is 0 Å². The van der Waals surface area contributed by atoms with Gasteiger partial charge in [0.15, 0.2) is 0 Å². The molecule has 1 aromatic carbocycles. The Bertz CT molecular complexity index is 712. The molecule has 0 aliphatic carbocycles. The van der Waals surface area contributed by atoms with Gasteiger partial charge in [0.05, 0.1) is 17.3 Å². The standard InChI is InChI=1S/C16H18N4/c1-3-20-15(9-11-19-20)16(17-2)13-8-10-18-14-7-5-4-6-12(13)14/h4-11,16-17H,3H2,1-2H3. The van der Waals surface area contributed by atoms with E-state index >= 15 is 0 Å². The van der Waals surface area contributed by atoms with Gasteiger partial charge in [0.1, 0.15) is 0 Å². The van der Waals surface area contributed by atoms with E-state index in [2.05, 4.69) is 46.6 Å². The molecule has 3 rings (SSSR count). The third-order valence-corrected chi connectivity index (χ3v) is 3.63. The summed E-state index contributed by atoms with van der Waals surface area (Å²) in [6.07, 6.45) is 3.72. The highest BCUT2D eigenvalue weighted by Gasteiger charge is 2.18. The van der Waals surface area contributed by atoms with Gasteiger partial charge in [0, 0.05) is 24.3 Å². The van der Waals surface area contributed by atoms with Gasteiger partial charge in [-0.05, 0) is 37.7 Å². The summed E-state index contributed by atoms with van der Waals surface area (Å²) in [6, 6.07) is 12.5. The molecule has 0 aliphatic heterocycles. The maximum Gasteiger partial charge on any atom is 0.0752 e. The van der Waals surface area contributed by atoms with E-state index in [0.717, 1.165) is 12.1 Å². The second-order valence-electron chi connectivity index (χ2n) is 4.71. The number of benzene rings is 1. The van der Waals surface area contributed by atoms with Crippen LogP contribution < -0.4 is 5.32 Å². The Morgan fingerprint density at radius 2 is 2.00 bits per heavy atom. The first-order chi connectivity index (χ1) is 9.85. The molecule has 0 bridgehead atoms. The Kier molecular flexibility index (Phi) is 3.48. The summed E-state index contributed by atoms with van der Waals surface area (Å²) < 4.78 is 2.02. The molecule has 0 saturated heterocycles. The average molecular weight is 266 g/mol. The number of nitrogens with one attached hydrogen (secondary N) is 1. The number of rotatable bonds is 4. The van der Waals surface area contributed by atoms with E-state index < -0.39 is 0 Å². The van der Waals surface area contributed by atoms with Crippen molar-refractivity contribution in [2.45, 2.75) is 19.5 Å². The Labute approximate surface area is 118 Å². The normalized spacial score (nSPS) is 12.7. The Balaban J connectivity index is 2.17. The van der Waals surface area contributed by atoms with Crippen LogP contribution in [0.1, 0.15) is 24.2 Å². The molecule has 0 spiro atoms. The molecular formula is C16H18N4. The van der Waals surface area contributed by atoms with Crippen LogP contribution in [-0.2, 0) is 6.54 Å². The highest BCUT2D eigenvalue weighted by molar-refractivity contribution is 5.82. The molecular weight excluding hydrogens is 248 g/mol. The summed E-state index contributed by atoms with van der Waals surface area (Å²) in [5.41, 5.74) is 3.42. The van der Waals surface area contributed by atoms with E-state index in [1.165, 1.54) is 16.6 Å². The van der Waals surface area contributed by atoms with Gasteiger partial charge in [-0.1, -0.05) is 18.2 Å². The van der Waals surface area contributed by atoms with Crippen LogP contribution in [-0.4, -0.2) is 21.8 Å². The van der Waals surface area contributed by atoms with Crippen molar-refractivity contribution in [1.29, 1.82) is 0 Å². The van der Waals surface area contributed by atoms with Crippen molar-refractivity contribution in [3.8, 4) is 0 Å². The van der Waals surface area contributed by atoms with E-state index in [-0.39, 0.29) is 6.04 Å². The molecule has 0 saturated carbocycles. The number of hydrogen-bond acceptors (Lipinski definition) is 3. The fourth-order valence-corrected chi connectivity index (χ4v) is 2.68. The number of nitrogens with zero attached hydrogens (tertiary/aromatic N) is 3. The lowest BCUT2D eigenvalue weighted by molar-refractivity contribution is 0.565. The lowest BCUT2D eigenvalue weighted by atomic mass is 9.99. The van der Waals surface area contributed by atoms with E-state index in [1.54, 1.807) is 0 Å². The van der Waals surface area contributed by atoms with Gasteiger partial charge < -0.3 is 5.32 Å². The zero-order valence-electron chi connectivity index (χ0n) is 11.7. The van der Waals surface area contributed by atoms with E-state index in [1.807, 2.05) is 36.3 Å². The van der Waals surface area contributed by atoms with Gasteiger partial charge in [0.2, 0.25) is 0 Å². The number of pyridine rings is 1. The maximum atomic E-state index is 4.43. The fourth-order valence-electron chi connectivity index (χ4n) is 2.68. The predicted octanol–water partition coefficient (Wildman–Crippen LogP) is 2.76. The summed E-state index contributed by atoms with van der Waals surface area (Å²) >= 11 is 0. The van der Waals surface area contributed by atoms with Crippen molar-refractivity contribution >= 4 is 10.9 Å². The molecule has 20 heavy (non-hydrogen) atoms. The summed E-state index contributed by atoms with van der Waals surface area (Å²) in [4.78, 5) is 4.43. The lowest BCUT2D eigenvalue weighted by Gasteiger charge is -2.19. The zero-order chi connectivity index (χ0) is 13.9. The first-order valence-corrected chi connectivity index (χ1v) is 6.87. The van der Waals surface area contributed by atoms with Crippen molar-refractivity contribution in [2.75, 3.05) is 7.05 Å². The highest BCUT2D eigenvalue weighted by Crippen LogP contribution is 2.27. The molecule has 3 aromatic rings. The summed E-state index contributed by atoms with van der Waals surface area (Å²) in [5, 5.41) is 8.95. The van der Waals surface area contributed by atoms with Crippen LogP contribution in [0.25, 0.3) is 10.9 Å². The molecule has 4 nitrogen and oxygen atoms in total. The molecule has 4 heteroatoms. The van der Waals surface area contributed by atoms with Gasteiger partial charge in [-0.25, -0.2) is 0 Å². The van der Waals surface area contributed by atoms with Crippen molar-refractivity contribution in [2.24, 2.45) is 0 Å². The van der Waals surface area contributed by atoms with E-state index in [4.69, 9.17) is 0 Å². The highest BCUT2D eigenvalue weighted by atomic mass is 15.3. The number of aromatic nitrogens is 3. The van der Waals surface area contributed by atoms with Crippen molar-refractivity contribution < 1.29 is 0 Å². The predicted molar refractivity (Wildman–Crippen MR) is 80.5 cm³/mol. The maximum absolute atomic E-state index is 4.43. The number of aryl methyl sites for hydroxylation is 1. The van der Waals surface area contributed by atoms with Crippen molar-refractivity contribution in [3.63, 3.8) is 0 Å². The van der Waals surface area contributed by atoms with Crippen LogP contribution in [0.2, 0.25) is 0 Å². The summed E-state index contributed by atoms with van der Waals surface area (Å²) in [6.45, 7) is 2.97. The Morgan fingerprint density at radius 1 is 1.15 bits per heavy atom. The molecule has 2 heterocycles. The third kappa shape index (κ3) is 2.08. The topological polar surface area (TPSA) is 42.7 Å². The molecule has 0 amide bonds. The van der Waals surface area contributed by atoms with Crippen LogP contribution in [0.3, 0.4) is 0 Å². The largest absolute Gasteiger partial charge is 0.308 e. The molecule has 1 atom stereocenters. The van der Waals surface area contributed by atoms with Gasteiger partial charge in [-0.2, -0.15) is 5.10 Å². The first kappa shape index (κ1) is 12.8. The number of fused-ring (bicyclic) bond motifs is 1. The molecule has 2 aromatic heterocycles. The second-order valence-corrected chi connectivity index (χ2v) is 4.71. The average Bonchev–Trinajstić information content (AvgIpc) is 2.97. The molecule has 0 fully saturated rings. The third-order valence-electron chi connectivity index (χ3n) is 3.63. The lowest BCUT2D eigenvalue weighted by Crippen LogP contribution is -2.21. The van der Waals surface area contributed by atoms with Gasteiger partial charge in [-0.15, -0.1) is 0 Å². The minimum Gasteiger partial charge on any atom is -0.308 e. The van der Waals surface area contributed by atoms with Crippen LogP contribution in [0, 0.1) is 0 Å². The molecule has 102 valence electrons. The fraction of sp³-hybridized carbons (Fsp3) is 0.250. The SMILES string of the molecule is CCn1nccc1C(NC)c1ccnc2ccccc12. The molecule has 1 N–H and O–H groups in total. The van der Waals surface area contributed by atoms with Crippen molar-refractivity contribution in [1.82, 2.24) is 20.1 Å². The molecule has 0 aliphatic rings. The Morgan fingerprint density at radius 3 is 2.80 bits per heavy atom. The summed E-state index contributed by atoms with van der Waals surface area (Å²) in [5.74, 6) is 0. The molecule has 1 unspecified atom stereocenters. The minimum atomic E-state index is 0.116. The monoisotopic (exact) mass is 266 g/mol. The Hall–Kier alpha value is -2.20. The van der Waals surface area contributed by atoms with Crippen LogP contribution in [0.5, 0.6) is 0 Å².